The molecule has 24 heavy (non-hydrogen) atoms. The van der Waals surface area contributed by atoms with Gasteiger partial charge in [0, 0.05) is 52.3 Å². The Morgan fingerprint density at radius 1 is 1.38 bits per heavy atom. The number of aryl methyl sites for hydroxylation is 1. The molecule has 1 fully saturated rings. The molecule has 1 aliphatic rings. The fourth-order valence-corrected chi connectivity index (χ4v) is 2.96. The Labute approximate surface area is 162 Å². The Balaban J connectivity index is 0.00000288. The number of aliphatic imine (C=N–C) groups is 1. The van der Waals surface area contributed by atoms with Crippen molar-refractivity contribution >= 4 is 29.9 Å². The third-order valence-electron chi connectivity index (χ3n) is 4.61. The molecule has 1 aliphatic carbocycles. The summed E-state index contributed by atoms with van der Waals surface area (Å²) in [6.45, 7) is 6.61. The monoisotopic (exact) mass is 449 g/mol. The lowest BCUT2D eigenvalue weighted by Gasteiger charge is -2.40. The van der Waals surface area contributed by atoms with Gasteiger partial charge >= 0.3 is 0 Å². The van der Waals surface area contributed by atoms with E-state index in [-0.39, 0.29) is 24.0 Å². The second-order valence-electron chi connectivity index (χ2n) is 6.37. The van der Waals surface area contributed by atoms with Gasteiger partial charge in [0.1, 0.15) is 0 Å². The van der Waals surface area contributed by atoms with Gasteiger partial charge in [-0.1, -0.05) is 6.42 Å². The molecule has 0 spiro atoms. The summed E-state index contributed by atoms with van der Waals surface area (Å²) in [6, 6.07) is 0. The van der Waals surface area contributed by atoms with E-state index in [0.29, 0.717) is 5.41 Å². The molecule has 0 radical (unpaired) electrons. The first kappa shape index (κ1) is 21.2. The molecule has 0 aliphatic heterocycles. The van der Waals surface area contributed by atoms with E-state index in [2.05, 4.69) is 27.1 Å². The van der Waals surface area contributed by atoms with E-state index in [9.17, 15) is 0 Å². The van der Waals surface area contributed by atoms with Crippen LogP contribution in [0.15, 0.2) is 23.7 Å². The maximum Gasteiger partial charge on any atom is 0.191 e. The van der Waals surface area contributed by atoms with E-state index in [1.54, 1.807) is 7.11 Å². The number of halogens is 1. The van der Waals surface area contributed by atoms with Crippen LogP contribution in [0.1, 0.15) is 39.0 Å². The van der Waals surface area contributed by atoms with Crippen molar-refractivity contribution in [3.63, 3.8) is 0 Å². The first-order valence-corrected chi connectivity index (χ1v) is 8.75. The largest absolute Gasteiger partial charge is 0.385 e. The van der Waals surface area contributed by atoms with Crippen LogP contribution in [0.3, 0.4) is 0 Å². The van der Waals surface area contributed by atoms with Gasteiger partial charge in [0.05, 0.1) is 6.33 Å². The second kappa shape index (κ2) is 11.7. The van der Waals surface area contributed by atoms with Crippen molar-refractivity contribution in [1.82, 2.24) is 20.2 Å². The van der Waals surface area contributed by atoms with Crippen LogP contribution in [0.5, 0.6) is 0 Å². The molecule has 1 saturated carbocycles. The van der Waals surface area contributed by atoms with Crippen LogP contribution in [-0.2, 0) is 11.3 Å². The number of aromatic nitrogens is 2. The van der Waals surface area contributed by atoms with Crippen molar-refractivity contribution in [3.05, 3.63) is 18.7 Å². The highest BCUT2D eigenvalue weighted by Crippen LogP contribution is 2.44. The van der Waals surface area contributed by atoms with Gasteiger partial charge in [-0.15, -0.1) is 24.0 Å². The maximum absolute atomic E-state index is 5.26. The van der Waals surface area contributed by atoms with E-state index in [4.69, 9.17) is 9.73 Å². The van der Waals surface area contributed by atoms with E-state index >= 15 is 0 Å². The molecule has 138 valence electrons. The normalized spacial score (nSPS) is 16.2. The van der Waals surface area contributed by atoms with E-state index in [1.807, 2.05) is 18.7 Å². The van der Waals surface area contributed by atoms with Crippen molar-refractivity contribution in [2.24, 2.45) is 10.4 Å². The zero-order chi connectivity index (χ0) is 16.4. The molecule has 1 heterocycles. The summed E-state index contributed by atoms with van der Waals surface area (Å²) in [6.07, 6.45) is 11.7. The predicted octanol–water partition coefficient (Wildman–Crippen LogP) is 2.65. The summed E-state index contributed by atoms with van der Waals surface area (Å²) in [7, 11) is 1.78. The lowest BCUT2D eigenvalue weighted by molar-refractivity contribution is 0.0778. The molecule has 7 heteroatoms. The maximum atomic E-state index is 5.26. The second-order valence-corrected chi connectivity index (χ2v) is 6.37. The highest BCUT2D eigenvalue weighted by molar-refractivity contribution is 14.0. The molecule has 1 aromatic rings. The number of ether oxygens (including phenoxy) is 1. The molecule has 0 saturated heterocycles. The summed E-state index contributed by atoms with van der Waals surface area (Å²) in [5.41, 5.74) is 0.370. The number of methoxy groups -OCH3 is 1. The van der Waals surface area contributed by atoms with Gasteiger partial charge in [-0.25, -0.2) is 4.98 Å². The molecule has 0 unspecified atom stereocenters. The zero-order valence-electron chi connectivity index (χ0n) is 15.0. The van der Waals surface area contributed by atoms with Crippen LogP contribution in [0.2, 0.25) is 0 Å². The van der Waals surface area contributed by atoms with Crippen LogP contribution in [0.4, 0.5) is 0 Å². The number of nitrogens with zero attached hydrogens (tertiary/aromatic N) is 3. The minimum absolute atomic E-state index is 0. The standard InChI is InChI=1S/C17H31N5O.HI/c1-3-19-16(20-9-5-11-22-12-10-18-15-22)21-14-17(6-4-7-17)8-13-23-2;/h10,12,15H,3-9,11,13-14H2,1-2H3,(H2,19,20,21);1H. The summed E-state index contributed by atoms with van der Waals surface area (Å²) in [4.78, 5) is 8.87. The number of rotatable bonds is 10. The van der Waals surface area contributed by atoms with Crippen LogP contribution in [0.25, 0.3) is 0 Å². The molecule has 2 N–H and O–H groups in total. The van der Waals surface area contributed by atoms with Crippen molar-refractivity contribution in [2.45, 2.75) is 45.6 Å². The molecule has 0 amide bonds. The minimum atomic E-state index is 0. The first-order valence-electron chi connectivity index (χ1n) is 8.75. The Morgan fingerprint density at radius 3 is 2.79 bits per heavy atom. The van der Waals surface area contributed by atoms with Crippen molar-refractivity contribution in [2.75, 3.05) is 33.4 Å². The Hall–Kier alpha value is -0.830. The molecule has 0 bridgehead atoms. The molecular formula is C17H32IN5O. The first-order chi connectivity index (χ1) is 11.3. The average Bonchev–Trinajstić information content (AvgIpc) is 3.03. The Kier molecular flexibility index (Phi) is 10.3. The fraction of sp³-hybridized carbons (Fsp3) is 0.765. The van der Waals surface area contributed by atoms with Gasteiger partial charge in [0.2, 0.25) is 0 Å². The lowest BCUT2D eigenvalue weighted by atomic mass is 9.67. The van der Waals surface area contributed by atoms with Crippen molar-refractivity contribution in [3.8, 4) is 0 Å². The van der Waals surface area contributed by atoms with Crippen LogP contribution >= 0.6 is 24.0 Å². The molecule has 2 rings (SSSR count). The van der Waals surface area contributed by atoms with Gasteiger partial charge in [0.15, 0.2) is 5.96 Å². The molecule has 1 aromatic heterocycles. The zero-order valence-corrected chi connectivity index (χ0v) is 17.3. The Morgan fingerprint density at radius 2 is 2.21 bits per heavy atom. The smallest absolute Gasteiger partial charge is 0.191 e. The van der Waals surface area contributed by atoms with Crippen LogP contribution < -0.4 is 10.6 Å². The Bertz CT molecular complexity index is 460. The van der Waals surface area contributed by atoms with Gasteiger partial charge in [-0.3, -0.25) is 4.99 Å². The number of hydrogen-bond acceptors (Lipinski definition) is 3. The van der Waals surface area contributed by atoms with Gasteiger partial charge < -0.3 is 19.9 Å². The van der Waals surface area contributed by atoms with Crippen LogP contribution in [-0.4, -0.2) is 48.9 Å². The third-order valence-corrected chi connectivity index (χ3v) is 4.61. The minimum Gasteiger partial charge on any atom is -0.385 e. The summed E-state index contributed by atoms with van der Waals surface area (Å²) in [5, 5.41) is 6.78. The molecular weight excluding hydrogens is 417 g/mol. The number of guanidine groups is 1. The predicted molar refractivity (Wildman–Crippen MR) is 109 cm³/mol. The van der Waals surface area contributed by atoms with Gasteiger partial charge in [0.25, 0.3) is 0 Å². The average molecular weight is 449 g/mol. The number of imidazole rings is 1. The van der Waals surface area contributed by atoms with E-state index in [1.165, 1.54) is 19.3 Å². The molecule has 0 aromatic carbocycles. The molecule has 0 atom stereocenters. The lowest BCUT2D eigenvalue weighted by Crippen LogP contribution is -2.40. The van der Waals surface area contributed by atoms with Crippen molar-refractivity contribution in [1.29, 1.82) is 0 Å². The fourth-order valence-electron chi connectivity index (χ4n) is 2.96. The van der Waals surface area contributed by atoms with Crippen molar-refractivity contribution < 1.29 is 4.74 Å². The van der Waals surface area contributed by atoms with Gasteiger partial charge in [-0.2, -0.15) is 0 Å². The summed E-state index contributed by atoms with van der Waals surface area (Å²) >= 11 is 0. The summed E-state index contributed by atoms with van der Waals surface area (Å²) < 4.78 is 7.35. The molecule has 6 nitrogen and oxygen atoms in total. The van der Waals surface area contributed by atoms with Crippen LogP contribution in [0, 0.1) is 5.41 Å². The van der Waals surface area contributed by atoms with E-state index < -0.39 is 0 Å². The topological polar surface area (TPSA) is 63.5 Å². The van der Waals surface area contributed by atoms with Gasteiger partial charge in [-0.05, 0) is 38.0 Å². The highest BCUT2D eigenvalue weighted by atomic mass is 127. The quantitative estimate of drug-likeness (QED) is 0.250. The summed E-state index contributed by atoms with van der Waals surface area (Å²) in [5.74, 6) is 0.932. The number of hydrogen-bond donors (Lipinski definition) is 2. The third kappa shape index (κ3) is 6.96. The highest BCUT2D eigenvalue weighted by Gasteiger charge is 2.36. The number of nitrogens with one attached hydrogen (secondary N) is 2. The SMILES string of the molecule is CCNC(=NCC1(CCOC)CCC1)NCCCn1ccnc1.I. The van der Waals surface area contributed by atoms with E-state index in [0.717, 1.165) is 51.6 Å².